The Kier molecular flexibility index (Phi) is 17.3. The summed E-state index contributed by atoms with van der Waals surface area (Å²) in [5.41, 5.74) is 6.39. The molecule has 0 spiro atoms. The lowest BCUT2D eigenvalue weighted by Gasteiger charge is -2.24. The highest BCUT2D eigenvalue weighted by Gasteiger charge is 2.31. The summed E-state index contributed by atoms with van der Waals surface area (Å²) in [5.74, 6) is 1.37. The van der Waals surface area contributed by atoms with E-state index in [0.717, 1.165) is 117 Å². The number of hydrogen-bond donors (Lipinski definition) is 0. The number of halogens is 2. The lowest BCUT2D eigenvalue weighted by Crippen LogP contribution is -2.32. The van der Waals surface area contributed by atoms with Crippen molar-refractivity contribution >= 4 is 55.9 Å². The summed E-state index contributed by atoms with van der Waals surface area (Å²) in [5, 5.41) is 4.19. The molecule has 3 saturated heterocycles. The quantitative estimate of drug-likeness (QED) is 0.159. The maximum absolute atomic E-state index is 15.6. The van der Waals surface area contributed by atoms with Crippen molar-refractivity contribution in [1.29, 1.82) is 0 Å². The second-order valence-corrected chi connectivity index (χ2v) is 17.1. The highest BCUT2D eigenvalue weighted by Crippen LogP contribution is 2.38. The molecule has 2 aromatic heterocycles. The minimum Gasteiger partial charge on any atom is -0.467 e. The molecule has 59 heavy (non-hydrogen) atoms. The van der Waals surface area contributed by atoms with E-state index >= 15 is 4.39 Å². The number of hydrogen-bond acceptors (Lipinski definition) is 7. The van der Waals surface area contributed by atoms with E-state index in [9.17, 15) is 4.39 Å². The van der Waals surface area contributed by atoms with Crippen LogP contribution in [0, 0.1) is 11.7 Å². The van der Waals surface area contributed by atoms with Crippen molar-refractivity contribution in [1.82, 2.24) is 14.9 Å². The van der Waals surface area contributed by atoms with Crippen molar-refractivity contribution in [2.24, 2.45) is 5.92 Å². The predicted molar refractivity (Wildman–Crippen MR) is 249 cm³/mol. The second kappa shape index (κ2) is 22.1. The molecule has 0 saturated carbocycles. The van der Waals surface area contributed by atoms with Gasteiger partial charge in [0.15, 0.2) is 0 Å². The molecule has 3 aliphatic heterocycles. The van der Waals surface area contributed by atoms with Crippen molar-refractivity contribution in [3.05, 3.63) is 86.2 Å². The summed E-state index contributed by atoms with van der Waals surface area (Å²) in [7, 11) is 1.63. The summed E-state index contributed by atoms with van der Waals surface area (Å²) in [4.78, 5) is 15.5. The molecule has 320 valence electrons. The van der Waals surface area contributed by atoms with Crippen LogP contribution in [0.1, 0.15) is 129 Å². The molecule has 6 nitrogen and oxygen atoms in total. The van der Waals surface area contributed by atoms with Gasteiger partial charge >= 0.3 is 6.01 Å². The van der Waals surface area contributed by atoms with Gasteiger partial charge in [0, 0.05) is 35.4 Å². The Bertz CT molecular complexity index is 2240. The van der Waals surface area contributed by atoms with E-state index in [-0.39, 0.29) is 11.7 Å². The van der Waals surface area contributed by atoms with Crippen molar-refractivity contribution in [3.63, 3.8) is 0 Å². The monoisotopic (exact) mass is 827 g/mol. The van der Waals surface area contributed by atoms with Gasteiger partial charge in [0.2, 0.25) is 0 Å². The first kappa shape index (κ1) is 46.2. The van der Waals surface area contributed by atoms with Crippen LogP contribution in [-0.4, -0.2) is 67.4 Å². The largest absolute Gasteiger partial charge is 0.467 e. The highest BCUT2D eigenvalue weighted by molar-refractivity contribution is 7.16. The molecule has 4 aromatic rings. The zero-order chi connectivity index (χ0) is 42.6. The molecule has 0 radical (unpaired) electrons. The van der Waals surface area contributed by atoms with Crippen LogP contribution in [0.25, 0.3) is 38.7 Å². The molecule has 2 unspecified atom stereocenters. The number of nitrogens with zero attached hydrogens (tertiary/aromatic N) is 4. The number of fused-ring (bicyclic) bond motifs is 3. The molecule has 3 fully saturated rings. The zero-order valence-electron chi connectivity index (χ0n) is 37.4. The van der Waals surface area contributed by atoms with Gasteiger partial charge in [0.1, 0.15) is 16.5 Å². The van der Waals surface area contributed by atoms with Gasteiger partial charge in [-0.25, -0.2) is 8.78 Å². The van der Waals surface area contributed by atoms with Crippen molar-refractivity contribution < 1.29 is 18.3 Å². The predicted octanol–water partition coefficient (Wildman–Crippen LogP) is 11.7. The number of benzene rings is 2. The Labute approximate surface area is 356 Å². The third-order valence-electron chi connectivity index (χ3n) is 11.5. The number of aryl methyl sites for hydroxylation is 1. The van der Waals surface area contributed by atoms with Crippen molar-refractivity contribution in [3.8, 4) is 6.01 Å². The minimum absolute atomic E-state index is 0.155. The molecule has 0 amide bonds. The number of allylic oxidation sites excluding steroid dienone is 3. The zero-order valence-corrected chi connectivity index (χ0v) is 38.2. The Hall–Kier alpha value is -3.92. The smallest absolute Gasteiger partial charge is 0.319 e. The van der Waals surface area contributed by atoms with Crippen LogP contribution in [-0.2, 0) is 11.2 Å². The lowest BCUT2D eigenvalue weighted by atomic mass is 9.83. The van der Waals surface area contributed by atoms with Gasteiger partial charge in [-0.2, -0.15) is 9.97 Å². The van der Waals surface area contributed by atoms with Crippen LogP contribution in [0.2, 0.25) is 0 Å². The lowest BCUT2D eigenvalue weighted by molar-refractivity contribution is 0.129. The van der Waals surface area contributed by atoms with Gasteiger partial charge in [0.05, 0.1) is 32.0 Å². The Morgan fingerprint density at radius 3 is 2.58 bits per heavy atom. The number of aromatic nitrogens is 2. The Balaban J connectivity index is 0.000000472. The van der Waals surface area contributed by atoms with E-state index in [4.69, 9.17) is 19.4 Å². The molecule has 0 N–H and O–H groups in total. The van der Waals surface area contributed by atoms with E-state index < -0.39 is 0 Å². The maximum atomic E-state index is 15.6. The third kappa shape index (κ3) is 10.5. The second-order valence-electron chi connectivity index (χ2n) is 16.1. The number of unbranched alkanes of at least 4 members (excludes halogenated alkanes) is 1. The Morgan fingerprint density at radius 2 is 1.90 bits per heavy atom. The maximum Gasteiger partial charge on any atom is 0.319 e. The third-order valence-corrected chi connectivity index (χ3v) is 12.7. The van der Waals surface area contributed by atoms with E-state index in [1.165, 1.54) is 30.5 Å². The first-order valence-corrected chi connectivity index (χ1v) is 23.0. The topological polar surface area (TPSA) is 50.7 Å². The van der Waals surface area contributed by atoms with Crippen LogP contribution in [0.4, 0.5) is 14.6 Å². The number of ether oxygens (including phenoxy) is 2. The summed E-state index contributed by atoms with van der Waals surface area (Å²) < 4.78 is 40.3. The van der Waals surface area contributed by atoms with Gasteiger partial charge < -0.3 is 14.4 Å². The van der Waals surface area contributed by atoms with Crippen molar-refractivity contribution in [2.75, 3.05) is 51.4 Å². The minimum atomic E-state index is -0.155. The number of thiophene rings is 1. The molecule has 2 atom stereocenters. The van der Waals surface area contributed by atoms with Gasteiger partial charge in [-0.1, -0.05) is 104 Å². The summed E-state index contributed by atoms with van der Waals surface area (Å²) in [6.07, 6.45) is 19.0. The molecule has 0 aliphatic carbocycles. The first-order valence-electron chi connectivity index (χ1n) is 22.2. The van der Waals surface area contributed by atoms with E-state index in [2.05, 4.69) is 87.8 Å². The van der Waals surface area contributed by atoms with E-state index in [1.807, 2.05) is 26.8 Å². The molecule has 0 bridgehead atoms. The number of anilines is 1. The fourth-order valence-corrected chi connectivity index (χ4v) is 9.86. The first-order chi connectivity index (χ1) is 28.6. The Morgan fingerprint density at radius 1 is 1.10 bits per heavy atom. The number of rotatable bonds is 10. The molecular formula is C50H68F2N4O2S. The molecular weight excluding hydrogens is 759 g/mol. The SMILES string of the molecule is CC.CC/C=C/c1c(C(C)C)cc2ccc(F)c(CC)c2c1\C(C)=c1/sc2nc(OC)nc(N3CCOCC(C)C3)c2/c1=C/C=C\CCC.F/C=C1/CC2CCCN2C1. The van der Waals surface area contributed by atoms with Crippen molar-refractivity contribution in [2.45, 2.75) is 119 Å². The van der Waals surface area contributed by atoms with Crippen LogP contribution in [0.15, 0.2) is 48.3 Å². The highest BCUT2D eigenvalue weighted by atomic mass is 32.1. The van der Waals surface area contributed by atoms with E-state index in [1.54, 1.807) is 24.5 Å². The molecule has 7 rings (SSSR count). The standard InChI is InChI=1S/C40H50FN3O2S.C8H12FN.C2H6/c1-9-12-14-15-17-31-36-38(44-20-21-46-24-26(6)23-44)42-40(45-8)43-39(36)47-37(31)27(7)34-30(16-13-10-2)32(25(4)5)22-28-18-19-33(41)29(11-3)35(28)34;9-5-7-4-8-2-1-3-10(8)6-7;1-2/h13-19,22,25-26H,9-12,20-21,23-24H2,1-8H3;5,8H,1-4,6H2;1-2H3/b15-14-,16-13+,31-17-,37-27-;7-5-;. The summed E-state index contributed by atoms with van der Waals surface area (Å²) in [6.45, 7) is 24.3. The normalized spacial score (nSPS) is 20.1. The van der Waals surface area contributed by atoms with Gasteiger partial charge in [-0.05, 0) is 114 Å². The molecule has 9 heteroatoms. The van der Waals surface area contributed by atoms with Crippen LogP contribution in [0.5, 0.6) is 6.01 Å². The molecule has 3 aliphatic rings. The van der Waals surface area contributed by atoms with Crippen LogP contribution in [0.3, 0.4) is 0 Å². The fourth-order valence-electron chi connectivity index (χ4n) is 8.70. The molecule has 5 heterocycles. The number of methoxy groups -OCH3 is 1. The van der Waals surface area contributed by atoms with Crippen LogP contribution < -0.4 is 19.4 Å². The fraction of sp³-hybridized carbons (Fsp3) is 0.520. The summed E-state index contributed by atoms with van der Waals surface area (Å²) >= 11 is 1.67. The van der Waals surface area contributed by atoms with E-state index in [0.29, 0.717) is 31.0 Å². The van der Waals surface area contributed by atoms with Gasteiger partial charge in [-0.3, -0.25) is 4.90 Å². The van der Waals surface area contributed by atoms with Crippen LogP contribution >= 0.6 is 11.3 Å². The van der Waals surface area contributed by atoms with Gasteiger partial charge in [-0.15, -0.1) is 11.3 Å². The molecule has 2 aromatic carbocycles. The average molecular weight is 827 g/mol. The average Bonchev–Trinajstić information content (AvgIpc) is 3.92. The van der Waals surface area contributed by atoms with Gasteiger partial charge in [0.25, 0.3) is 0 Å². The summed E-state index contributed by atoms with van der Waals surface area (Å²) in [6, 6.07) is 6.89.